The fraction of sp³-hybridized carbons (Fsp3) is 1.00. The Hall–Kier alpha value is 0.0300. The highest BCUT2D eigenvalue weighted by molar-refractivity contribution is 7.49. The van der Waals surface area contributed by atoms with Gasteiger partial charge in [-0.3, -0.25) is 0 Å². The molecule has 0 bridgehead atoms. The molecule has 72 valence electrons. The molecule has 0 aromatic rings. The third-order valence-corrected chi connectivity index (χ3v) is 2.17. The van der Waals surface area contributed by atoms with Crippen LogP contribution in [0.5, 0.6) is 0 Å². The van der Waals surface area contributed by atoms with E-state index in [0.717, 1.165) is 0 Å². The Bertz CT molecular complexity index is 186. The zero-order valence-electron chi connectivity index (χ0n) is 6.64. The van der Waals surface area contributed by atoms with Crippen molar-refractivity contribution in [1.29, 1.82) is 0 Å². The highest BCUT2D eigenvalue weighted by Crippen LogP contribution is 2.30. The number of ether oxygens (including phenoxy) is 2. The van der Waals surface area contributed by atoms with Gasteiger partial charge in [0.15, 0.2) is 6.29 Å². The van der Waals surface area contributed by atoms with Crippen LogP contribution in [0.4, 0.5) is 0 Å². The summed E-state index contributed by atoms with van der Waals surface area (Å²) in [6.07, 6.45) is -0.558. The zero-order valence-corrected chi connectivity index (χ0v) is 7.53. The van der Waals surface area contributed by atoms with Crippen molar-refractivity contribution in [2.24, 2.45) is 0 Å². The van der Waals surface area contributed by atoms with Crippen molar-refractivity contribution in [2.75, 3.05) is 13.2 Å². The molecule has 12 heavy (non-hydrogen) atoms. The van der Waals surface area contributed by atoms with E-state index in [2.05, 4.69) is 5.09 Å². The van der Waals surface area contributed by atoms with Crippen LogP contribution in [-0.2, 0) is 14.0 Å². The summed E-state index contributed by atoms with van der Waals surface area (Å²) in [5.74, 6) is 0. The van der Waals surface area contributed by atoms with Gasteiger partial charge in [0.2, 0.25) is 0 Å². The fourth-order valence-corrected chi connectivity index (χ4v) is 1.64. The van der Waals surface area contributed by atoms with Gasteiger partial charge in [-0.05, 0) is 6.92 Å². The number of rotatable bonds is 3. The van der Waals surface area contributed by atoms with Gasteiger partial charge < -0.3 is 19.3 Å². The highest BCUT2D eigenvalue weighted by Gasteiger charge is 2.27. The van der Waals surface area contributed by atoms with Crippen LogP contribution in [0.25, 0.3) is 0 Å². The molecule has 0 saturated carbocycles. The van der Waals surface area contributed by atoms with Crippen LogP contribution in [0.3, 0.4) is 0 Å². The first-order valence-corrected chi connectivity index (χ1v) is 5.17. The molecular weight excluding hydrogens is 185 g/mol. The molecule has 0 unspecified atom stereocenters. The molecule has 1 aliphatic rings. The standard InChI is InChI=1S/C5H12NO5P/c1-4(6-12(7,8)9)5-10-2-3-11-5/h4-5H,2-3H2,1H3,(H3,6,7,8,9)/t4-/m0/s1. The maximum atomic E-state index is 10.5. The van der Waals surface area contributed by atoms with Crippen molar-refractivity contribution in [3.63, 3.8) is 0 Å². The second kappa shape index (κ2) is 3.83. The van der Waals surface area contributed by atoms with E-state index in [4.69, 9.17) is 19.3 Å². The first-order valence-electron chi connectivity index (χ1n) is 3.55. The van der Waals surface area contributed by atoms with Crippen molar-refractivity contribution in [2.45, 2.75) is 19.3 Å². The van der Waals surface area contributed by atoms with Gasteiger partial charge in [-0.2, -0.15) is 0 Å². The molecule has 0 aliphatic carbocycles. The SMILES string of the molecule is C[C@H](NP(=O)(O)O)C1OCCO1. The average Bonchev–Trinajstić information content (AvgIpc) is 2.32. The van der Waals surface area contributed by atoms with Gasteiger partial charge in [0, 0.05) is 0 Å². The molecule has 1 saturated heterocycles. The number of nitrogens with one attached hydrogen (secondary N) is 1. The van der Waals surface area contributed by atoms with Gasteiger partial charge in [0.1, 0.15) is 0 Å². The number of hydrogen-bond donors (Lipinski definition) is 3. The van der Waals surface area contributed by atoms with Crippen LogP contribution in [0.1, 0.15) is 6.92 Å². The lowest BCUT2D eigenvalue weighted by Gasteiger charge is -2.19. The van der Waals surface area contributed by atoms with E-state index in [1.54, 1.807) is 6.92 Å². The normalized spacial score (nSPS) is 22.9. The average molecular weight is 197 g/mol. The van der Waals surface area contributed by atoms with E-state index in [0.29, 0.717) is 13.2 Å². The molecule has 7 heteroatoms. The minimum absolute atomic E-state index is 0.470. The molecule has 1 heterocycles. The third kappa shape index (κ3) is 3.18. The monoisotopic (exact) mass is 197 g/mol. The minimum Gasteiger partial charge on any atom is -0.349 e. The van der Waals surface area contributed by atoms with E-state index in [9.17, 15) is 4.57 Å². The minimum atomic E-state index is -4.18. The maximum Gasteiger partial charge on any atom is 0.400 e. The van der Waals surface area contributed by atoms with Crippen LogP contribution in [0.15, 0.2) is 0 Å². The van der Waals surface area contributed by atoms with Crippen molar-refractivity contribution in [3.05, 3.63) is 0 Å². The Morgan fingerprint density at radius 1 is 1.50 bits per heavy atom. The summed E-state index contributed by atoms with van der Waals surface area (Å²) in [5.41, 5.74) is 0. The van der Waals surface area contributed by atoms with Crippen LogP contribution < -0.4 is 5.09 Å². The van der Waals surface area contributed by atoms with Crippen LogP contribution in [0, 0.1) is 0 Å². The summed E-state index contributed by atoms with van der Waals surface area (Å²) in [5, 5.41) is 2.08. The Kier molecular flexibility index (Phi) is 3.22. The first kappa shape index (κ1) is 10.1. The summed E-state index contributed by atoms with van der Waals surface area (Å²) in [6.45, 7) is 2.53. The molecular formula is C5H12NO5P. The van der Waals surface area contributed by atoms with Gasteiger partial charge in [0.05, 0.1) is 19.3 Å². The van der Waals surface area contributed by atoms with Gasteiger partial charge >= 0.3 is 7.75 Å². The predicted molar refractivity (Wildman–Crippen MR) is 40.3 cm³/mol. The van der Waals surface area contributed by atoms with Crippen LogP contribution >= 0.6 is 7.75 Å². The Labute approximate surface area is 70.1 Å². The predicted octanol–water partition coefficient (Wildman–Crippen LogP) is -0.570. The zero-order chi connectivity index (χ0) is 9.19. The smallest absolute Gasteiger partial charge is 0.349 e. The van der Waals surface area contributed by atoms with Gasteiger partial charge in [-0.25, -0.2) is 9.65 Å². The second-order valence-electron chi connectivity index (χ2n) is 2.57. The van der Waals surface area contributed by atoms with E-state index < -0.39 is 20.1 Å². The summed E-state index contributed by atoms with van der Waals surface area (Å²) in [6, 6.07) is -0.506. The molecule has 0 amide bonds. The van der Waals surface area contributed by atoms with Crippen molar-refractivity contribution in [1.82, 2.24) is 5.09 Å². The molecule has 3 N–H and O–H groups in total. The Morgan fingerprint density at radius 2 is 2.00 bits per heavy atom. The quantitative estimate of drug-likeness (QED) is 0.525. The van der Waals surface area contributed by atoms with Crippen molar-refractivity contribution >= 4 is 7.75 Å². The topological polar surface area (TPSA) is 88.0 Å². The van der Waals surface area contributed by atoms with Gasteiger partial charge in [-0.1, -0.05) is 0 Å². The summed E-state index contributed by atoms with van der Waals surface area (Å²) in [7, 11) is -4.18. The third-order valence-electron chi connectivity index (χ3n) is 1.43. The van der Waals surface area contributed by atoms with Crippen molar-refractivity contribution in [3.8, 4) is 0 Å². The largest absolute Gasteiger partial charge is 0.400 e. The van der Waals surface area contributed by atoms with Crippen molar-refractivity contribution < 1.29 is 23.8 Å². The van der Waals surface area contributed by atoms with Crippen LogP contribution in [-0.4, -0.2) is 35.3 Å². The molecule has 0 radical (unpaired) electrons. The first-order chi connectivity index (χ1) is 5.49. The second-order valence-corrected chi connectivity index (χ2v) is 3.92. The van der Waals surface area contributed by atoms with Crippen LogP contribution in [0.2, 0.25) is 0 Å². The molecule has 0 aromatic heterocycles. The van der Waals surface area contributed by atoms with E-state index >= 15 is 0 Å². The fourth-order valence-electron chi connectivity index (χ4n) is 0.991. The Balaban J connectivity index is 2.37. The highest BCUT2D eigenvalue weighted by atomic mass is 31.2. The number of hydrogen-bond acceptors (Lipinski definition) is 3. The molecule has 0 spiro atoms. The molecule has 1 fully saturated rings. The summed E-state index contributed by atoms with van der Waals surface area (Å²) >= 11 is 0. The summed E-state index contributed by atoms with van der Waals surface area (Å²) < 4.78 is 20.5. The van der Waals surface area contributed by atoms with Gasteiger partial charge in [0.25, 0.3) is 0 Å². The molecule has 6 nitrogen and oxygen atoms in total. The molecule has 1 rings (SSSR count). The lowest BCUT2D eigenvalue weighted by atomic mass is 10.4. The maximum absolute atomic E-state index is 10.5. The lowest BCUT2D eigenvalue weighted by molar-refractivity contribution is -0.0596. The van der Waals surface area contributed by atoms with E-state index in [1.807, 2.05) is 0 Å². The van der Waals surface area contributed by atoms with E-state index in [1.165, 1.54) is 0 Å². The lowest BCUT2D eigenvalue weighted by Crippen LogP contribution is -2.35. The molecule has 1 aliphatic heterocycles. The molecule has 0 aromatic carbocycles. The Morgan fingerprint density at radius 3 is 2.42 bits per heavy atom. The molecule has 1 atom stereocenters. The summed E-state index contributed by atoms with van der Waals surface area (Å²) in [4.78, 5) is 17.1. The van der Waals surface area contributed by atoms with Gasteiger partial charge in [-0.15, -0.1) is 0 Å². The van der Waals surface area contributed by atoms with E-state index in [-0.39, 0.29) is 0 Å².